The monoisotopic (exact) mass is 830 g/mol. The third-order valence-electron chi connectivity index (χ3n) is 7.16. The van der Waals surface area contributed by atoms with Gasteiger partial charge in [-0.25, -0.2) is 4.79 Å². The summed E-state index contributed by atoms with van der Waals surface area (Å²) >= 11 is 0. The van der Waals surface area contributed by atoms with Crippen LogP contribution in [0.2, 0.25) is 0 Å². The quantitative estimate of drug-likeness (QED) is 0.0470. The van der Waals surface area contributed by atoms with Crippen LogP contribution in [-0.2, 0) is 9.53 Å². The number of rotatable bonds is 22. The standard InChI is InChI=1S/C25H23F25O2/c1-2-13(51)52-12-10-8-6-4-3-5-7-9-11-14(26,27)15(28,29)16(30,31)17(32,33)18(34,35)19(36,37)20(38,39)21(40,41)22(42,43)23(44,45)24(46,47)25(48,49)50/h2H,1,3-12H2. The highest BCUT2D eigenvalue weighted by Gasteiger charge is 2.99. The molecule has 0 saturated carbocycles. The normalized spacial score (nSPS) is 15.6. The van der Waals surface area contributed by atoms with Crippen molar-refractivity contribution in [2.24, 2.45) is 0 Å². The van der Waals surface area contributed by atoms with E-state index in [0.717, 1.165) is 6.08 Å². The lowest BCUT2D eigenvalue weighted by molar-refractivity contribution is -0.482. The first-order valence-corrected chi connectivity index (χ1v) is 13.7. The van der Waals surface area contributed by atoms with E-state index in [4.69, 9.17) is 0 Å². The Bertz CT molecular complexity index is 1200. The Morgan fingerprint density at radius 2 is 0.635 bits per heavy atom. The Morgan fingerprint density at radius 1 is 0.385 bits per heavy atom. The van der Waals surface area contributed by atoms with E-state index in [1.807, 2.05) is 0 Å². The van der Waals surface area contributed by atoms with E-state index in [1.54, 1.807) is 0 Å². The van der Waals surface area contributed by atoms with Crippen molar-refractivity contribution in [1.82, 2.24) is 0 Å². The van der Waals surface area contributed by atoms with Gasteiger partial charge < -0.3 is 4.74 Å². The van der Waals surface area contributed by atoms with Gasteiger partial charge in [0.25, 0.3) is 0 Å². The number of halogens is 25. The first-order chi connectivity index (χ1) is 22.7. The molecule has 0 aliphatic carbocycles. The van der Waals surface area contributed by atoms with Crippen molar-refractivity contribution in [2.75, 3.05) is 6.61 Å². The Hall–Kier alpha value is -2.54. The highest BCUT2D eigenvalue weighted by Crippen LogP contribution is 2.68. The molecule has 0 aromatic carbocycles. The Labute approximate surface area is 274 Å². The molecule has 0 heterocycles. The minimum atomic E-state index is -9.59. The van der Waals surface area contributed by atoms with Gasteiger partial charge in [0.1, 0.15) is 0 Å². The molecule has 0 radical (unpaired) electrons. The number of carbonyl (C=O) groups is 1. The van der Waals surface area contributed by atoms with Crippen molar-refractivity contribution >= 4 is 5.97 Å². The van der Waals surface area contributed by atoms with Crippen LogP contribution in [0.25, 0.3) is 0 Å². The van der Waals surface area contributed by atoms with Crippen LogP contribution in [0.4, 0.5) is 110 Å². The topological polar surface area (TPSA) is 26.3 Å². The molecule has 0 bridgehead atoms. The number of esters is 1. The van der Waals surface area contributed by atoms with Gasteiger partial charge in [-0.1, -0.05) is 45.1 Å². The SMILES string of the molecule is C=CC(=O)OCCCCCCCCCCC(F)(F)C(F)(F)C(F)(F)C(F)(F)C(F)(F)C(F)(F)C(F)(F)C(F)(F)C(F)(F)C(F)(F)C(F)(F)C(F)(F)F. The van der Waals surface area contributed by atoms with Crippen molar-refractivity contribution in [3.8, 4) is 0 Å². The largest absolute Gasteiger partial charge is 0.463 e. The smallest absolute Gasteiger partial charge is 0.460 e. The zero-order chi connectivity index (χ0) is 42.1. The molecule has 52 heavy (non-hydrogen) atoms. The molecule has 0 amide bonds. The fourth-order valence-electron chi connectivity index (χ4n) is 3.88. The summed E-state index contributed by atoms with van der Waals surface area (Å²) in [4.78, 5) is 10.8. The van der Waals surface area contributed by atoms with Crippen molar-refractivity contribution < 1.29 is 119 Å². The minimum Gasteiger partial charge on any atom is -0.463 e. The van der Waals surface area contributed by atoms with E-state index in [-0.39, 0.29) is 25.9 Å². The summed E-state index contributed by atoms with van der Waals surface area (Å²) in [7, 11) is 0. The van der Waals surface area contributed by atoms with Crippen LogP contribution >= 0.6 is 0 Å². The summed E-state index contributed by atoms with van der Waals surface area (Å²) in [6, 6.07) is 0. The van der Waals surface area contributed by atoms with Crippen LogP contribution in [0.3, 0.4) is 0 Å². The molecule has 0 N–H and O–H groups in total. The van der Waals surface area contributed by atoms with Crippen molar-refractivity contribution in [3.63, 3.8) is 0 Å². The third-order valence-corrected chi connectivity index (χ3v) is 7.16. The minimum absolute atomic E-state index is 0.0297. The molecule has 0 fully saturated rings. The lowest BCUT2D eigenvalue weighted by Crippen LogP contribution is -2.78. The lowest BCUT2D eigenvalue weighted by Gasteiger charge is -2.45. The predicted molar refractivity (Wildman–Crippen MR) is 123 cm³/mol. The van der Waals surface area contributed by atoms with Gasteiger partial charge in [0.2, 0.25) is 0 Å². The Morgan fingerprint density at radius 3 is 0.923 bits per heavy atom. The number of hydrogen-bond donors (Lipinski definition) is 0. The van der Waals surface area contributed by atoms with Gasteiger partial charge in [0, 0.05) is 12.5 Å². The molecule has 0 rings (SSSR count). The summed E-state index contributed by atoms with van der Waals surface area (Å²) in [5, 5.41) is 0. The number of carbonyl (C=O) groups excluding carboxylic acids is 1. The summed E-state index contributed by atoms with van der Waals surface area (Å²) < 4.78 is 343. The second-order valence-corrected chi connectivity index (χ2v) is 10.9. The molecule has 0 aliphatic heterocycles. The van der Waals surface area contributed by atoms with Gasteiger partial charge in [-0.3, -0.25) is 0 Å². The van der Waals surface area contributed by atoms with Crippen LogP contribution in [-0.4, -0.2) is 83.9 Å². The fraction of sp³-hybridized carbons (Fsp3) is 0.880. The molecule has 0 aromatic heterocycles. The summed E-state index contributed by atoms with van der Waals surface area (Å²) in [6.07, 6.45) is -10.7. The average Bonchev–Trinajstić information content (AvgIpc) is 2.97. The molecule has 0 spiro atoms. The molecular formula is C25H23F25O2. The number of ether oxygens (including phenoxy) is 1. The number of alkyl halides is 25. The molecule has 2 nitrogen and oxygen atoms in total. The zero-order valence-corrected chi connectivity index (χ0v) is 25.1. The molecule has 0 unspecified atom stereocenters. The maximum absolute atomic E-state index is 14.0. The Balaban J connectivity index is 6.21. The van der Waals surface area contributed by atoms with Crippen LogP contribution < -0.4 is 0 Å². The van der Waals surface area contributed by atoms with Crippen molar-refractivity contribution in [2.45, 2.75) is 129 Å². The number of unbranched alkanes of at least 4 members (excludes halogenated alkanes) is 7. The molecular weight excluding hydrogens is 807 g/mol. The van der Waals surface area contributed by atoms with E-state index in [0.29, 0.717) is 19.3 Å². The molecule has 27 heteroatoms. The van der Waals surface area contributed by atoms with Gasteiger partial charge in [0.15, 0.2) is 0 Å². The molecule has 0 saturated heterocycles. The van der Waals surface area contributed by atoms with E-state index in [1.165, 1.54) is 0 Å². The van der Waals surface area contributed by atoms with Gasteiger partial charge >= 0.3 is 77.3 Å². The van der Waals surface area contributed by atoms with Gasteiger partial charge in [-0.15, -0.1) is 0 Å². The van der Waals surface area contributed by atoms with Crippen LogP contribution in [0, 0.1) is 0 Å². The first-order valence-electron chi connectivity index (χ1n) is 13.7. The van der Waals surface area contributed by atoms with E-state index in [9.17, 15) is 115 Å². The molecule has 0 aliphatic rings. The fourth-order valence-corrected chi connectivity index (χ4v) is 3.88. The maximum atomic E-state index is 14.0. The van der Waals surface area contributed by atoms with Crippen molar-refractivity contribution in [1.29, 1.82) is 0 Å². The van der Waals surface area contributed by atoms with Gasteiger partial charge in [0.05, 0.1) is 6.61 Å². The second-order valence-electron chi connectivity index (χ2n) is 10.9. The van der Waals surface area contributed by atoms with Gasteiger partial charge in [-0.05, 0) is 12.8 Å². The summed E-state index contributed by atoms with van der Waals surface area (Å²) in [6.45, 7) is 3.08. The van der Waals surface area contributed by atoms with Crippen LogP contribution in [0.1, 0.15) is 57.8 Å². The first kappa shape index (κ1) is 49.5. The average molecular weight is 830 g/mol. The Kier molecular flexibility index (Phi) is 14.6. The van der Waals surface area contributed by atoms with Crippen LogP contribution in [0.5, 0.6) is 0 Å². The lowest BCUT2D eigenvalue weighted by atomic mass is 9.84. The van der Waals surface area contributed by atoms with Crippen molar-refractivity contribution in [3.05, 3.63) is 12.7 Å². The predicted octanol–water partition coefficient (Wildman–Crippen LogP) is 11.8. The highest BCUT2D eigenvalue weighted by atomic mass is 19.4. The third kappa shape index (κ3) is 7.96. The van der Waals surface area contributed by atoms with E-state index in [2.05, 4.69) is 11.3 Å². The molecule has 0 aromatic rings. The number of hydrogen-bond acceptors (Lipinski definition) is 2. The second kappa shape index (κ2) is 15.3. The van der Waals surface area contributed by atoms with Gasteiger partial charge in [-0.2, -0.15) is 110 Å². The maximum Gasteiger partial charge on any atom is 0.460 e. The molecule has 310 valence electrons. The zero-order valence-electron chi connectivity index (χ0n) is 25.1. The van der Waals surface area contributed by atoms with Crippen LogP contribution in [0.15, 0.2) is 12.7 Å². The van der Waals surface area contributed by atoms with E-state index < -0.39 is 96.6 Å². The molecule has 0 atom stereocenters. The van der Waals surface area contributed by atoms with E-state index >= 15 is 0 Å². The summed E-state index contributed by atoms with van der Waals surface area (Å²) in [5.74, 6) is -98.7. The summed E-state index contributed by atoms with van der Waals surface area (Å²) in [5.41, 5.74) is 0. The highest BCUT2D eigenvalue weighted by molar-refractivity contribution is 5.81.